The van der Waals surface area contributed by atoms with E-state index in [0.29, 0.717) is 11.3 Å². The number of carbonyl (C=O) groups is 3. The first-order chi connectivity index (χ1) is 15.9. The van der Waals surface area contributed by atoms with Gasteiger partial charge in [-0.3, -0.25) is 19.5 Å². The topological polar surface area (TPSA) is 160 Å². The fourth-order valence-corrected chi connectivity index (χ4v) is 5.21. The lowest BCUT2D eigenvalue weighted by atomic mass is 10.0. The SMILES string of the molecule is CON=C(C(=O)N[C@@H]1C(=O)N2C(C(=O)O)=C(/C=C/c3ccncc3)CS[C@@H]12)c1csc(N)n1. The second kappa shape index (κ2) is 9.42. The third kappa shape index (κ3) is 4.45. The third-order valence-corrected chi connectivity index (χ3v) is 6.81. The number of carboxylic acid groups (broad SMARTS) is 1. The summed E-state index contributed by atoms with van der Waals surface area (Å²) in [6, 6.07) is 2.65. The smallest absolute Gasteiger partial charge is 0.352 e. The second-order valence-corrected chi connectivity index (χ2v) is 8.84. The largest absolute Gasteiger partial charge is 0.477 e. The molecule has 33 heavy (non-hydrogen) atoms. The molecule has 2 aromatic heterocycles. The number of allylic oxidation sites excluding steroid dienone is 1. The van der Waals surface area contributed by atoms with Crippen LogP contribution in [0.5, 0.6) is 0 Å². The maximum Gasteiger partial charge on any atom is 0.352 e. The molecule has 13 heteroatoms. The molecule has 170 valence electrons. The number of thioether (sulfide) groups is 1. The van der Waals surface area contributed by atoms with Crippen LogP contribution in [-0.2, 0) is 19.2 Å². The predicted molar refractivity (Wildman–Crippen MR) is 123 cm³/mol. The van der Waals surface area contributed by atoms with Crippen LogP contribution in [0.4, 0.5) is 5.13 Å². The van der Waals surface area contributed by atoms with E-state index in [9.17, 15) is 19.5 Å². The van der Waals surface area contributed by atoms with Crippen molar-refractivity contribution in [3.8, 4) is 0 Å². The Bertz CT molecular complexity index is 1190. The van der Waals surface area contributed by atoms with E-state index in [0.717, 1.165) is 16.9 Å². The second-order valence-electron chi connectivity index (χ2n) is 6.85. The molecule has 0 radical (unpaired) electrons. The van der Waals surface area contributed by atoms with Crippen molar-refractivity contribution < 1.29 is 24.3 Å². The number of rotatable bonds is 7. The van der Waals surface area contributed by atoms with E-state index >= 15 is 0 Å². The molecule has 0 bridgehead atoms. The minimum atomic E-state index is -1.22. The first-order valence-electron chi connectivity index (χ1n) is 9.53. The van der Waals surface area contributed by atoms with Gasteiger partial charge in [-0.1, -0.05) is 17.3 Å². The molecule has 4 N–H and O–H groups in total. The summed E-state index contributed by atoms with van der Waals surface area (Å²) in [4.78, 5) is 51.5. The van der Waals surface area contributed by atoms with Crippen molar-refractivity contribution in [3.05, 3.63) is 58.5 Å². The quantitative estimate of drug-likeness (QED) is 0.294. The standard InChI is InChI=1S/C20H18N6O5S2/c1-31-25-13(12-9-33-20(21)23-12)16(27)24-14-17(28)26-15(19(29)30)11(8-32-18(14)26)3-2-10-4-6-22-7-5-10/h2-7,9,14,18H,8H2,1H3,(H2,21,23)(H,24,27)(H,29,30)/b3-2+,25-13?/t14-,18+/m1/s1. The number of thiazole rings is 1. The minimum absolute atomic E-state index is 0.0994. The molecular weight excluding hydrogens is 468 g/mol. The molecule has 0 aliphatic carbocycles. The number of aliphatic carboxylic acids is 1. The number of nitrogens with one attached hydrogen (secondary N) is 1. The third-order valence-electron chi connectivity index (χ3n) is 4.83. The lowest BCUT2D eigenvalue weighted by Gasteiger charge is -2.49. The van der Waals surface area contributed by atoms with E-state index < -0.39 is 29.2 Å². The fraction of sp³-hybridized carbons (Fsp3) is 0.200. The van der Waals surface area contributed by atoms with Crippen molar-refractivity contribution in [3.63, 3.8) is 0 Å². The Hall–Kier alpha value is -3.71. The number of nitrogens with zero attached hydrogens (tertiary/aromatic N) is 4. The van der Waals surface area contributed by atoms with Crippen LogP contribution in [0, 0.1) is 0 Å². The van der Waals surface area contributed by atoms with Gasteiger partial charge in [0.15, 0.2) is 10.8 Å². The molecule has 0 unspecified atom stereocenters. The summed E-state index contributed by atoms with van der Waals surface area (Å²) in [5, 5.41) is 17.3. The number of hydrogen-bond acceptors (Lipinski definition) is 10. The lowest BCUT2D eigenvalue weighted by molar-refractivity contribution is -0.150. The number of fused-ring (bicyclic) bond motifs is 1. The van der Waals surface area contributed by atoms with Crippen LogP contribution < -0.4 is 11.1 Å². The van der Waals surface area contributed by atoms with Crippen molar-refractivity contribution in [2.24, 2.45) is 5.16 Å². The zero-order valence-corrected chi connectivity index (χ0v) is 18.8. The molecule has 4 heterocycles. The van der Waals surface area contributed by atoms with E-state index in [-0.39, 0.29) is 22.2 Å². The van der Waals surface area contributed by atoms with Gasteiger partial charge < -0.3 is 21.0 Å². The zero-order valence-electron chi connectivity index (χ0n) is 17.2. The van der Waals surface area contributed by atoms with Gasteiger partial charge in [-0.05, 0) is 23.3 Å². The van der Waals surface area contributed by atoms with Gasteiger partial charge in [-0.25, -0.2) is 9.78 Å². The minimum Gasteiger partial charge on any atom is -0.477 e. The van der Waals surface area contributed by atoms with Crippen LogP contribution in [0.1, 0.15) is 11.3 Å². The van der Waals surface area contributed by atoms with Gasteiger partial charge in [-0.2, -0.15) is 0 Å². The molecule has 2 aliphatic rings. The average Bonchev–Trinajstić information content (AvgIpc) is 3.25. The number of nitrogens with two attached hydrogens (primary N) is 1. The number of anilines is 1. The van der Waals surface area contributed by atoms with E-state index in [1.165, 1.54) is 23.8 Å². The Morgan fingerprint density at radius 3 is 2.76 bits per heavy atom. The highest BCUT2D eigenvalue weighted by Gasteiger charge is 2.54. The van der Waals surface area contributed by atoms with E-state index in [1.807, 2.05) is 0 Å². The fourth-order valence-electron chi connectivity index (χ4n) is 3.34. The molecule has 0 spiro atoms. The van der Waals surface area contributed by atoms with Gasteiger partial charge >= 0.3 is 5.97 Å². The Balaban J connectivity index is 1.53. The van der Waals surface area contributed by atoms with Crippen LogP contribution in [0.3, 0.4) is 0 Å². The maximum atomic E-state index is 12.9. The number of nitrogen functional groups attached to an aromatic ring is 1. The number of β-lactam (4-membered cyclic amide) rings is 1. The monoisotopic (exact) mass is 486 g/mol. The van der Waals surface area contributed by atoms with E-state index in [2.05, 4.69) is 20.4 Å². The number of pyridine rings is 1. The number of oxime groups is 1. The summed E-state index contributed by atoms with van der Waals surface area (Å²) in [5.74, 6) is -2.06. The van der Waals surface area contributed by atoms with Crippen LogP contribution in [-0.4, -0.2) is 67.7 Å². The summed E-state index contributed by atoms with van der Waals surface area (Å²) in [7, 11) is 1.28. The molecule has 2 atom stereocenters. The van der Waals surface area contributed by atoms with Gasteiger partial charge in [0, 0.05) is 23.5 Å². The molecule has 2 aromatic rings. The Morgan fingerprint density at radius 1 is 1.36 bits per heavy atom. The van der Waals surface area contributed by atoms with Crippen molar-refractivity contribution in [1.29, 1.82) is 0 Å². The van der Waals surface area contributed by atoms with Crippen molar-refractivity contribution in [2.45, 2.75) is 11.4 Å². The number of carboxylic acids is 1. The van der Waals surface area contributed by atoms with Gasteiger partial charge in [0.1, 0.15) is 29.9 Å². The van der Waals surface area contributed by atoms with Crippen molar-refractivity contribution in [2.75, 3.05) is 18.6 Å². The molecule has 1 fully saturated rings. The Labute approximate surface area is 196 Å². The summed E-state index contributed by atoms with van der Waals surface area (Å²) in [6.07, 6.45) is 6.70. The number of aromatic nitrogens is 2. The summed E-state index contributed by atoms with van der Waals surface area (Å²) < 4.78 is 0. The van der Waals surface area contributed by atoms with Gasteiger partial charge in [0.25, 0.3) is 11.8 Å². The summed E-state index contributed by atoms with van der Waals surface area (Å²) in [5.41, 5.74) is 6.96. The van der Waals surface area contributed by atoms with Gasteiger partial charge in [-0.15, -0.1) is 23.1 Å². The molecule has 2 amide bonds. The van der Waals surface area contributed by atoms with Crippen LogP contribution in [0.15, 0.2) is 52.4 Å². The highest BCUT2D eigenvalue weighted by Crippen LogP contribution is 2.40. The number of carbonyl (C=O) groups excluding carboxylic acids is 2. The predicted octanol–water partition coefficient (Wildman–Crippen LogP) is 0.923. The van der Waals surface area contributed by atoms with Crippen LogP contribution >= 0.6 is 23.1 Å². The zero-order chi connectivity index (χ0) is 23.5. The molecular formula is C20H18N6O5S2. The molecule has 4 rings (SSSR count). The molecule has 0 aromatic carbocycles. The highest BCUT2D eigenvalue weighted by atomic mass is 32.2. The Morgan fingerprint density at radius 2 is 2.12 bits per heavy atom. The molecule has 11 nitrogen and oxygen atoms in total. The first kappa shape index (κ1) is 22.5. The molecule has 1 saturated heterocycles. The number of hydrogen-bond donors (Lipinski definition) is 3. The van der Waals surface area contributed by atoms with E-state index in [4.69, 9.17) is 10.6 Å². The normalized spacial score (nSPS) is 20.5. The highest BCUT2D eigenvalue weighted by molar-refractivity contribution is 8.00. The lowest BCUT2D eigenvalue weighted by Crippen LogP contribution is -2.71. The number of amides is 2. The van der Waals surface area contributed by atoms with Crippen LogP contribution in [0.25, 0.3) is 6.08 Å². The molecule has 0 saturated carbocycles. The maximum absolute atomic E-state index is 12.9. The summed E-state index contributed by atoms with van der Waals surface area (Å²) in [6.45, 7) is 0. The Kier molecular flexibility index (Phi) is 6.42. The van der Waals surface area contributed by atoms with Crippen molar-refractivity contribution in [1.82, 2.24) is 20.2 Å². The first-order valence-corrected chi connectivity index (χ1v) is 11.5. The molecule has 2 aliphatic heterocycles. The average molecular weight is 487 g/mol. The van der Waals surface area contributed by atoms with Gasteiger partial charge in [0.05, 0.1) is 0 Å². The van der Waals surface area contributed by atoms with Gasteiger partial charge in [0.2, 0.25) is 0 Å². The van der Waals surface area contributed by atoms with E-state index in [1.54, 1.807) is 42.1 Å². The van der Waals surface area contributed by atoms with Crippen LogP contribution in [0.2, 0.25) is 0 Å². The summed E-state index contributed by atoms with van der Waals surface area (Å²) >= 11 is 2.49. The van der Waals surface area contributed by atoms with Crippen molar-refractivity contribution >= 4 is 57.8 Å².